The molecule has 0 fully saturated rings. The Morgan fingerprint density at radius 3 is 2.33 bits per heavy atom. The third-order valence-corrected chi connectivity index (χ3v) is 9.56. The number of aliphatic hydroxyl groups excluding tert-OH is 1. The SMILES string of the molecule is CCCNCCCCCCNC(=O)OC(CCCn1cc(COCCC(=O)NCCCCCCNCC)nn1)C1=CC(O)Oc2cc(N(CC)CC)ccc21. The Kier molecular flexibility index (Phi) is 23.1. The molecule has 2 unspecified atom stereocenters. The topological polar surface area (TPSA) is 164 Å². The zero-order valence-corrected chi connectivity index (χ0v) is 34.1. The van der Waals surface area contributed by atoms with Crippen LogP contribution in [0.3, 0.4) is 0 Å². The zero-order valence-electron chi connectivity index (χ0n) is 34.1. The highest BCUT2D eigenvalue weighted by atomic mass is 16.6. The fourth-order valence-electron chi connectivity index (χ4n) is 6.51. The van der Waals surface area contributed by atoms with Crippen LogP contribution in [0.25, 0.3) is 5.57 Å². The van der Waals surface area contributed by atoms with Gasteiger partial charge < -0.3 is 45.5 Å². The normalized spacial score (nSPS) is 14.1. The minimum atomic E-state index is -1.16. The maximum Gasteiger partial charge on any atom is 0.407 e. The molecule has 310 valence electrons. The molecule has 1 aromatic heterocycles. The van der Waals surface area contributed by atoms with Crippen LogP contribution in [0, 0.1) is 0 Å². The van der Waals surface area contributed by atoms with Gasteiger partial charge in [0.15, 0.2) is 0 Å². The number of aryl methyl sites for hydroxylation is 1. The number of nitrogens with zero attached hydrogens (tertiary/aromatic N) is 4. The number of aromatic nitrogens is 3. The van der Waals surface area contributed by atoms with E-state index in [4.69, 9.17) is 14.2 Å². The van der Waals surface area contributed by atoms with Crippen LogP contribution in [0.2, 0.25) is 0 Å². The Labute approximate surface area is 329 Å². The van der Waals surface area contributed by atoms with Crippen LogP contribution in [-0.2, 0) is 27.4 Å². The number of ether oxygens (including phenoxy) is 3. The molecule has 0 saturated carbocycles. The van der Waals surface area contributed by atoms with Crippen molar-refractivity contribution >= 4 is 23.3 Å². The molecule has 2 aromatic rings. The fourth-order valence-corrected chi connectivity index (χ4v) is 6.51. The van der Waals surface area contributed by atoms with Crippen molar-refractivity contribution in [3.05, 3.63) is 41.7 Å². The highest BCUT2D eigenvalue weighted by Crippen LogP contribution is 2.38. The van der Waals surface area contributed by atoms with Gasteiger partial charge in [-0.3, -0.25) is 9.48 Å². The molecule has 55 heavy (non-hydrogen) atoms. The lowest BCUT2D eigenvalue weighted by atomic mass is 9.94. The molecule has 1 aliphatic heterocycles. The van der Waals surface area contributed by atoms with Crippen molar-refractivity contribution in [2.45, 2.75) is 130 Å². The number of alkyl carbamates (subject to hydrolysis) is 1. The Bertz CT molecular complexity index is 1380. The van der Waals surface area contributed by atoms with E-state index < -0.39 is 18.5 Å². The van der Waals surface area contributed by atoms with E-state index in [0.717, 1.165) is 95.5 Å². The van der Waals surface area contributed by atoms with E-state index in [9.17, 15) is 14.7 Å². The van der Waals surface area contributed by atoms with Gasteiger partial charge in [0, 0.05) is 62.0 Å². The summed E-state index contributed by atoms with van der Waals surface area (Å²) in [7, 11) is 0. The molecule has 1 aromatic carbocycles. The van der Waals surface area contributed by atoms with E-state index in [1.165, 1.54) is 12.8 Å². The first-order valence-corrected chi connectivity index (χ1v) is 20.9. The predicted octanol–water partition coefficient (Wildman–Crippen LogP) is 5.55. The van der Waals surface area contributed by atoms with Crippen molar-refractivity contribution in [2.24, 2.45) is 0 Å². The van der Waals surface area contributed by atoms with E-state index >= 15 is 0 Å². The Hall–Kier alpha value is -3.72. The van der Waals surface area contributed by atoms with Gasteiger partial charge in [0.1, 0.15) is 17.5 Å². The predicted molar refractivity (Wildman–Crippen MR) is 218 cm³/mol. The summed E-state index contributed by atoms with van der Waals surface area (Å²) in [6, 6.07) is 5.96. The molecule has 0 bridgehead atoms. The first kappa shape index (κ1) is 45.7. The number of hydrogen-bond donors (Lipinski definition) is 5. The number of benzene rings is 1. The second kappa shape index (κ2) is 27.8. The lowest BCUT2D eigenvalue weighted by molar-refractivity contribution is -0.122. The van der Waals surface area contributed by atoms with Crippen LogP contribution in [0.15, 0.2) is 30.5 Å². The molecule has 0 spiro atoms. The first-order valence-electron chi connectivity index (χ1n) is 20.9. The molecule has 5 N–H and O–H groups in total. The third kappa shape index (κ3) is 18.2. The maximum absolute atomic E-state index is 13.1. The zero-order chi connectivity index (χ0) is 39.5. The number of hydrogen-bond acceptors (Lipinski definition) is 11. The number of fused-ring (bicyclic) bond motifs is 1. The molecule has 2 atom stereocenters. The van der Waals surface area contributed by atoms with Gasteiger partial charge in [-0.15, -0.1) is 5.10 Å². The molecule has 14 heteroatoms. The summed E-state index contributed by atoms with van der Waals surface area (Å²) in [5.74, 6) is 0.549. The lowest BCUT2D eigenvalue weighted by Gasteiger charge is -2.29. The number of carbonyl (C=O) groups excluding carboxylic acids is 2. The van der Waals surface area contributed by atoms with E-state index in [-0.39, 0.29) is 12.5 Å². The number of carbonyl (C=O) groups is 2. The van der Waals surface area contributed by atoms with Crippen molar-refractivity contribution < 1.29 is 28.9 Å². The molecule has 0 aliphatic carbocycles. The summed E-state index contributed by atoms with van der Waals surface area (Å²) in [4.78, 5) is 27.5. The largest absolute Gasteiger partial charge is 0.461 e. The molecule has 0 radical (unpaired) electrons. The number of aliphatic hydroxyl groups is 1. The van der Waals surface area contributed by atoms with Crippen LogP contribution >= 0.6 is 0 Å². The van der Waals surface area contributed by atoms with Gasteiger partial charge in [-0.25, -0.2) is 4.79 Å². The molecular weight excluding hydrogens is 701 g/mol. The second-order valence-corrected chi connectivity index (χ2v) is 14.0. The monoisotopic (exact) mass is 771 g/mol. The van der Waals surface area contributed by atoms with Gasteiger partial charge in [0.25, 0.3) is 0 Å². The van der Waals surface area contributed by atoms with Crippen LogP contribution in [0.4, 0.5) is 10.5 Å². The number of nitrogens with one attached hydrogen (secondary N) is 4. The summed E-state index contributed by atoms with van der Waals surface area (Å²) in [5, 5.41) is 31.9. The van der Waals surface area contributed by atoms with Crippen molar-refractivity contribution in [2.75, 3.05) is 63.9 Å². The third-order valence-electron chi connectivity index (χ3n) is 9.56. The quantitative estimate of drug-likeness (QED) is 0.0612. The average molecular weight is 771 g/mol. The van der Waals surface area contributed by atoms with Crippen LogP contribution in [0.5, 0.6) is 5.75 Å². The summed E-state index contributed by atoms with van der Waals surface area (Å²) in [5.41, 5.74) is 3.18. The van der Waals surface area contributed by atoms with Gasteiger partial charge in [-0.1, -0.05) is 44.7 Å². The van der Waals surface area contributed by atoms with E-state index in [1.807, 2.05) is 24.4 Å². The number of anilines is 1. The van der Waals surface area contributed by atoms with Gasteiger partial charge in [0.05, 0.1) is 19.4 Å². The Balaban J connectivity index is 1.49. The second-order valence-electron chi connectivity index (χ2n) is 14.0. The van der Waals surface area contributed by atoms with Gasteiger partial charge >= 0.3 is 6.09 Å². The highest BCUT2D eigenvalue weighted by molar-refractivity contribution is 5.79. The molecule has 0 saturated heterocycles. The van der Waals surface area contributed by atoms with E-state index in [2.05, 4.69) is 64.2 Å². The summed E-state index contributed by atoms with van der Waals surface area (Å²) >= 11 is 0. The number of unbranched alkanes of at least 4 members (excludes halogenated alkanes) is 6. The fraction of sp³-hybridized carbons (Fsp3) is 0.707. The van der Waals surface area contributed by atoms with Crippen molar-refractivity contribution in [1.82, 2.24) is 36.3 Å². The van der Waals surface area contributed by atoms with Gasteiger partial charge in [-0.05, 0) is 103 Å². The summed E-state index contributed by atoms with van der Waals surface area (Å²) in [6.45, 7) is 16.6. The van der Waals surface area contributed by atoms with Crippen molar-refractivity contribution in [1.29, 1.82) is 0 Å². The Morgan fingerprint density at radius 1 is 0.909 bits per heavy atom. The van der Waals surface area contributed by atoms with Gasteiger partial charge in [-0.2, -0.15) is 0 Å². The van der Waals surface area contributed by atoms with Crippen LogP contribution in [0.1, 0.15) is 116 Å². The lowest BCUT2D eigenvalue weighted by Crippen LogP contribution is -2.32. The number of rotatable bonds is 31. The van der Waals surface area contributed by atoms with Crippen LogP contribution < -0.4 is 30.9 Å². The molecule has 2 heterocycles. The van der Waals surface area contributed by atoms with E-state index in [0.29, 0.717) is 62.5 Å². The molecule has 14 nitrogen and oxygen atoms in total. The van der Waals surface area contributed by atoms with Gasteiger partial charge in [0.2, 0.25) is 12.2 Å². The smallest absolute Gasteiger partial charge is 0.407 e. The summed E-state index contributed by atoms with van der Waals surface area (Å²) < 4.78 is 19.4. The summed E-state index contributed by atoms with van der Waals surface area (Å²) in [6.07, 6.45) is 12.3. The first-order chi connectivity index (χ1) is 26.9. The van der Waals surface area contributed by atoms with Crippen molar-refractivity contribution in [3.63, 3.8) is 0 Å². The molecule has 2 amide bonds. The molecule has 3 rings (SSSR count). The average Bonchev–Trinajstić information content (AvgIpc) is 3.64. The molecular formula is C41H70N8O6. The standard InChI is InChI=1S/C41H70N8O6/c1-5-22-43-24-14-10-12-16-26-45-41(52)55-37(36-30-40(51)54-38-29-34(19-20-35(36)38)48(7-3)8-4)18-17-27-49-31-33(46-47-49)32-53-28-21-39(50)44-25-15-11-9-13-23-42-6-2/h19-20,29-31,37,40,42-43,51H,5-18,21-28,32H2,1-4H3,(H,44,50)(H,45,52). The maximum atomic E-state index is 13.1. The highest BCUT2D eigenvalue weighted by Gasteiger charge is 2.28. The Morgan fingerprint density at radius 2 is 1.62 bits per heavy atom. The van der Waals surface area contributed by atoms with Crippen LogP contribution in [-0.4, -0.2) is 103 Å². The van der Waals surface area contributed by atoms with E-state index in [1.54, 1.807) is 10.8 Å². The number of amides is 2. The minimum Gasteiger partial charge on any atom is -0.461 e. The van der Waals surface area contributed by atoms with Crippen molar-refractivity contribution in [3.8, 4) is 5.75 Å². The minimum absolute atomic E-state index is 0.00758. The molecule has 1 aliphatic rings.